The smallest absolute Gasteiger partial charge is 0.243 e. The minimum atomic E-state index is 0.242. The molecule has 2 atom stereocenters. The maximum Gasteiger partial charge on any atom is 0.243 e. The zero-order chi connectivity index (χ0) is 18.8. The molecule has 2 aromatic heterocycles. The van der Waals surface area contributed by atoms with E-state index in [-0.39, 0.29) is 5.82 Å². The molecule has 0 bridgehead atoms. The first kappa shape index (κ1) is 18.4. The van der Waals surface area contributed by atoms with Crippen molar-refractivity contribution in [3.63, 3.8) is 0 Å². The third-order valence-corrected chi connectivity index (χ3v) is 5.77. The van der Waals surface area contributed by atoms with Crippen molar-refractivity contribution in [1.82, 2.24) is 35.1 Å². The van der Waals surface area contributed by atoms with Crippen molar-refractivity contribution in [3.8, 4) is 5.82 Å². The molecule has 2 aromatic rings. The van der Waals surface area contributed by atoms with Gasteiger partial charge in [-0.25, -0.2) is 4.63 Å². The molecule has 0 aromatic carbocycles. The second-order valence-electron chi connectivity index (χ2n) is 8.33. The molecule has 4 heterocycles. The van der Waals surface area contributed by atoms with E-state index in [1.165, 1.54) is 25.7 Å². The first-order chi connectivity index (χ1) is 13.1. The zero-order valence-electron chi connectivity index (χ0n) is 16.3. The highest BCUT2D eigenvalue weighted by molar-refractivity contribution is 5.44. The summed E-state index contributed by atoms with van der Waals surface area (Å²) in [6, 6.07) is 0. The number of nitrogen functional groups attached to an aromatic ring is 1. The predicted octanol–water partition coefficient (Wildman–Crippen LogP) is 1.70. The Morgan fingerprint density at radius 3 is 2.26 bits per heavy atom. The zero-order valence-corrected chi connectivity index (χ0v) is 16.3. The van der Waals surface area contributed by atoms with Gasteiger partial charge in [0, 0.05) is 26.2 Å². The molecule has 2 N–H and O–H groups in total. The second kappa shape index (κ2) is 7.93. The summed E-state index contributed by atoms with van der Waals surface area (Å²) >= 11 is 0. The van der Waals surface area contributed by atoms with E-state index in [9.17, 15) is 0 Å². The van der Waals surface area contributed by atoms with Gasteiger partial charge in [-0.05, 0) is 60.9 Å². The summed E-state index contributed by atoms with van der Waals surface area (Å²) in [6.45, 7) is 10.7. The lowest BCUT2D eigenvalue weighted by Gasteiger charge is -2.32. The maximum atomic E-state index is 5.93. The number of anilines is 1. The van der Waals surface area contributed by atoms with Crippen LogP contribution in [0.1, 0.15) is 50.9 Å². The van der Waals surface area contributed by atoms with E-state index in [4.69, 9.17) is 10.4 Å². The Balaban J connectivity index is 1.60. The second-order valence-corrected chi connectivity index (χ2v) is 8.33. The van der Waals surface area contributed by atoms with Crippen LogP contribution in [-0.2, 0) is 13.1 Å². The highest BCUT2D eigenvalue weighted by atomic mass is 16.6. The largest absolute Gasteiger partial charge is 0.378 e. The Morgan fingerprint density at radius 1 is 1.00 bits per heavy atom. The molecule has 0 amide bonds. The van der Waals surface area contributed by atoms with Gasteiger partial charge in [-0.2, -0.15) is 4.68 Å². The average molecular weight is 374 g/mol. The van der Waals surface area contributed by atoms with Crippen LogP contribution in [0.3, 0.4) is 0 Å². The number of rotatable bonds is 5. The van der Waals surface area contributed by atoms with Gasteiger partial charge in [-0.3, -0.25) is 9.80 Å². The average Bonchev–Trinajstić information content (AvgIpc) is 3.21. The number of piperidine rings is 2. The van der Waals surface area contributed by atoms with Crippen LogP contribution in [0.2, 0.25) is 0 Å². The number of nitrogens with zero attached hydrogens (tertiary/aromatic N) is 7. The van der Waals surface area contributed by atoms with E-state index < -0.39 is 0 Å². The SMILES string of the molecule is C[C@@H]1CCCN(Cc2nnn(-c3nonc3N)c2CN2CCC[C@@H](C)C2)C1. The van der Waals surface area contributed by atoms with Crippen LogP contribution in [0, 0.1) is 11.8 Å². The molecule has 2 saturated heterocycles. The molecule has 27 heavy (non-hydrogen) atoms. The van der Waals surface area contributed by atoms with Crippen molar-refractivity contribution in [2.24, 2.45) is 11.8 Å². The highest BCUT2D eigenvalue weighted by Gasteiger charge is 2.26. The van der Waals surface area contributed by atoms with Crippen LogP contribution in [0.15, 0.2) is 4.63 Å². The lowest BCUT2D eigenvalue weighted by molar-refractivity contribution is 0.165. The van der Waals surface area contributed by atoms with Gasteiger partial charge in [0.1, 0.15) is 5.69 Å². The molecule has 0 aliphatic carbocycles. The van der Waals surface area contributed by atoms with Crippen LogP contribution in [0.4, 0.5) is 5.82 Å². The van der Waals surface area contributed by atoms with Gasteiger partial charge < -0.3 is 5.73 Å². The summed E-state index contributed by atoms with van der Waals surface area (Å²) < 4.78 is 6.51. The summed E-state index contributed by atoms with van der Waals surface area (Å²) in [5.74, 6) is 2.12. The quantitative estimate of drug-likeness (QED) is 0.844. The Kier molecular flexibility index (Phi) is 5.40. The summed E-state index contributed by atoms with van der Waals surface area (Å²) in [6.07, 6.45) is 5.08. The predicted molar refractivity (Wildman–Crippen MR) is 101 cm³/mol. The van der Waals surface area contributed by atoms with Crippen molar-refractivity contribution in [1.29, 1.82) is 0 Å². The van der Waals surface area contributed by atoms with Crippen LogP contribution in [0.25, 0.3) is 5.82 Å². The molecule has 0 spiro atoms. The lowest BCUT2D eigenvalue weighted by Crippen LogP contribution is -2.36. The van der Waals surface area contributed by atoms with Crippen molar-refractivity contribution in [2.45, 2.75) is 52.6 Å². The monoisotopic (exact) mass is 374 g/mol. The van der Waals surface area contributed by atoms with E-state index in [1.54, 1.807) is 4.68 Å². The van der Waals surface area contributed by atoms with E-state index in [0.29, 0.717) is 11.7 Å². The molecule has 4 rings (SSSR count). The highest BCUT2D eigenvalue weighted by Crippen LogP contribution is 2.24. The summed E-state index contributed by atoms with van der Waals surface area (Å²) in [5.41, 5.74) is 7.98. The Hall–Kier alpha value is -2.00. The van der Waals surface area contributed by atoms with Crippen molar-refractivity contribution >= 4 is 5.82 Å². The fraction of sp³-hybridized carbons (Fsp3) is 0.778. The molecule has 148 valence electrons. The molecule has 0 saturated carbocycles. The van der Waals surface area contributed by atoms with E-state index >= 15 is 0 Å². The lowest BCUT2D eigenvalue weighted by atomic mass is 9.99. The molecule has 9 heteroatoms. The van der Waals surface area contributed by atoms with E-state index in [1.807, 2.05) is 0 Å². The minimum absolute atomic E-state index is 0.242. The van der Waals surface area contributed by atoms with Gasteiger partial charge in [-0.15, -0.1) is 5.10 Å². The molecule has 0 radical (unpaired) electrons. The molecular formula is C18H30N8O. The minimum Gasteiger partial charge on any atom is -0.378 e. The standard InChI is InChI=1S/C18H30N8O/c1-13-5-3-7-24(9-13)11-15-16(12-25-8-4-6-14(2)10-25)26(23-20-15)18-17(19)21-27-22-18/h13-14H,3-12H2,1-2H3,(H2,19,21)/t13-,14-/m1/s1. The number of hydrogen-bond donors (Lipinski definition) is 1. The van der Waals surface area contributed by atoms with Gasteiger partial charge in [0.2, 0.25) is 11.6 Å². The van der Waals surface area contributed by atoms with Crippen LogP contribution in [-0.4, -0.2) is 61.3 Å². The molecule has 2 aliphatic rings. The van der Waals surface area contributed by atoms with Crippen LogP contribution >= 0.6 is 0 Å². The van der Waals surface area contributed by atoms with Crippen LogP contribution < -0.4 is 5.73 Å². The number of nitrogens with two attached hydrogens (primary N) is 1. The van der Waals surface area contributed by atoms with Crippen molar-refractivity contribution in [2.75, 3.05) is 31.9 Å². The molecule has 0 unspecified atom stereocenters. The van der Waals surface area contributed by atoms with E-state index in [0.717, 1.165) is 56.6 Å². The summed E-state index contributed by atoms with van der Waals surface area (Å²) in [7, 11) is 0. The number of aromatic nitrogens is 5. The number of hydrogen-bond acceptors (Lipinski definition) is 8. The normalized spacial score (nSPS) is 25.1. The summed E-state index contributed by atoms with van der Waals surface area (Å²) in [4.78, 5) is 4.96. The van der Waals surface area contributed by atoms with Gasteiger partial charge in [0.15, 0.2) is 0 Å². The summed E-state index contributed by atoms with van der Waals surface area (Å²) in [5, 5.41) is 16.5. The molecular weight excluding hydrogens is 344 g/mol. The van der Waals surface area contributed by atoms with Gasteiger partial charge in [0.05, 0.1) is 5.69 Å². The first-order valence-electron chi connectivity index (χ1n) is 10.1. The Bertz CT molecular complexity index is 756. The van der Waals surface area contributed by atoms with Gasteiger partial charge in [0.25, 0.3) is 0 Å². The van der Waals surface area contributed by atoms with Gasteiger partial charge >= 0.3 is 0 Å². The van der Waals surface area contributed by atoms with Crippen molar-refractivity contribution < 1.29 is 4.63 Å². The van der Waals surface area contributed by atoms with Crippen molar-refractivity contribution in [3.05, 3.63) is 11.4 Å². The number of likely N-dealkylation sites (tertiary alicyclic amines) is 2. The third kappa shape index (κ3) is 4.14. The van der Waals surface area contributed by atoms with E-state index in [2.05, 4.69) is 44.3 Å². The van der Waals surface area contributed by atoms with Gasteiger partial charge in [-0.1, -0.05) is 19.1 Å². The molecule has 2 fully saturated rings. The maximum absolute atomic E-state index is 5.93. The molecule has 9 nitrogen and oxygen atoms in total. The molecule has 2 aliphatic heterocycles. The first-order valence-corrected chi connectivity index (χ1v) is 10.1. The topological polar surface area (TPSA) is 102 Å². The Labute approximate surface area is 159 Å². The van der Waals surface area contributed by atoms with Crippen LogP contribution in [0.5, 0.6) is 0 Å². The third-order valence-electron chi connectivity index (χ3n) is 5.77. The fourth-order valence-corrected chi connectivity index (χ4v) is 4.41. The Morgan fingerprint density at radius 2 is 1.67 bits per heavy atom. The fourth-order valence-electron chi connectivity index (χ4n) is 4.41.